The molecule has 1 saturated heterocycles. The lowest BCUT2D eigenvalue weighted by atomic mass is 10.1. The van der Waals surface area contributed by atoms with Gasteiger partial charge in [-0.3, -0.25) is 0 Å². The monoisotopic (exact) mass is 216 g/mol. The molecule has 2 aliphatic rings. The van der Waals surface area contributed by atoms with E-state index in [1.807, 2.05) is 0 Å². The van der Waals surface area contributed by atoms with E-state index in [-0.39, 0.29) is 6.61 Å². The van der Waals surface area contributed by atoms with E-state index in [9.17, 15) is 9.50 Å². The summed E-state index contributed by atoms with van der Waals surface area (Å²) in [6, 6.07) is 0. The van der Waals surface area contributed by atoms with E-state index >= 15 is 0 Å². The third-order valence-corrected chi connectivity index (χ3v) is 2.52. The van der Waals surface area contributed by atoms with Crippen LogP contribution in [0.4, 0.5) is 4.39 Å². The van der Waals surface area contributed by atoms with Crippen LogP contribution in [0, 0.1) is 0 Å². The third-order valence-electron chi connectivity index (χ3n) is 2.52. The minimum Gasteiger partial charge on any atom is -0.394 e. The van der Waals surface area contributed by atoms with Crippen LogP contribution in [0.1, 0.15) is 0 Å². The first-order valence-corrected chi connectivity index (χ1v) is 4.76. The minimum atomic E-state index is -1.53. The van der Waals surface area contributed by atoms with E-state index in [0.717, 1.165) is 0 Å². The number of aliphatic hydroxyl groups excluding tert-OH is 2. The zero-order valence-corrected chi connectivity index (χ0v) is 8.03. The van der Waals surface area contributed by atoms with Crippen molar-refractivity contribution in [2.24, 2.45) is 4.99 Å². The highest BCUT2D eigenvalue weighted by Gasteiger charge is 2.46. The van der Waals surface area contributed by atoms with Crippen molar-refractivity contribution in [3.05, 3.63) is 12.3 Å². The Balaban J connectivity index is 2.04. The molecule has 2 rings (SSSR count). The number of nitrogens with zero attached hydrogens (tertiary/aromatic N) is 2. The number of alkyl halides is 1. The van der Waals surface area contributed by atoms with E-state index in [1.165, 1.54) is 6.34 Å². The van der Waals surface area contributed by atoms with Crippen LogP contribution in [-0.4, -0.2) is 59.2 Å². The molecule has 4 atom stereocenters. The summed E-state index contributed by atoms with van der Waals surface area (Å²) >= 11 is 0. The van der Waals surface area contributed by atoms with Crippen molar-refractivity contribution in [2.75, 3.05) is 13.2 Å². The Kier molecular flexibility index (Phi) is 2.99. The molecule has 2 heterocycles. The molecule has 2 aliphatic heterocycles. The Morgan fingerprint density at radius 1 is 1.60 bits per heavy atom. The summed E-state index contributed by atoms with van der Waals surface area (Å²) in [5.74, 6) is 0. The predicted octanol–water partition coefficient (Wildman–Crippen LogP) is -0.740. The maximum atomic E-state index is 13.6. The fraction of sp³-hybridized carbons (Fsp3) is 0.667. The second-order valence-electron chi connectivity index (χ2n) is 3.53. The van der Waals surface area contributed by atoms with Gasteiger partial charge < -0.3 is 19.8 Å². The smallest absolute Gasteiger partial charge is 0.173 e. The topological polar surface area (TPSA) is 65.3 Å². The van der Waals surface area contributed by atoms with Crippen molar-refractivity contribution in [3.63, 3.8) is 0 Å². The van der Waals surface area contributed by atoms with Crippen LogP contribution in [-0.2, 0) is 4.74 Å². The molecule has 84 valence electrons. The molecule has 6 heteroatoms. The molecule has 5 nitrogen and oxygen atoms in total. The van der Waals surface area contributed by atoms with Gasteiger partial charge in [-0.15, -0.1) is 0 Å². The fourth-order valence-corrected chi connectivity index (χ4v) is 1.69. The Morgan fingerprint density at radius 3 is 2.93 bits per heavy atom. The van der Waals surface area contributed by atoms with Gasteiger partial charge in [0.2, 0.25) is 0 Å². The molecule has 2 N–H and O–H groups in total. The second kappa shape index (κ2) is 4.26. The van der Waals surface area contributed by atoms with Gasteiger partial charge in [0.25, 0.3) is 0 Å². The lowest BCUT2D eigenvalue weighted by Gasteiger charge is -2.27. The summed E-state index contributed by atoms with van der Waals surface area (Å²) in [6.45, 7) is 0.0956. The molecule has 0 aromatic heterocycles. The second-order valence-corrected chi connectivity index (χ2v) is 3.53. The summed E-state index contributed by atoms with van der Waals surface area (Å²) in [7, 11) is 0. The molecule has 0 radical (unpaired) electrons. The van der Waals surface area contributed by atoms with Crippen LogP contribution in [0.15, 0.2) is 17.3 Å². The van der Waals surface area contributed by atoms with Crippen molar-refractivity contribution >= 4 is 6.34 Å². The van der Waals surface area contributed by atoms with Gasteiger partial charge in [-0.1, -0.05) is 0 Å². The molecule has 0 saturated carbocycles. The lowest BCUT2D eigenvalue weighted by Crippen LogP contribution is -2.42. The molecule has 0 amide bonds. The van der Waals surface area contributed by atoms with Crippen molar-refractivity contribution < 1.29 is 19.3 Å². The molecule has 15 heavy (non-hydrogen) atoms. The maximum Gasteiger partial charge on any atom is 0.173 e. The molecular formula is C9H13FN2O3. The van der Waals surface area contributed by atoms with Crippen LogP contribution in [0.3, 0.4) is 0 Å². The molecule has 0 unspecified atom stereocenters. The van der Waals surface area contributed by atoms with Crippen molar-refractivity contribution in [1.29, 1.82) is 0 Å². The van der Waals surface area contributed by atoms with Crippen LogP contribution < -0.4 is 0 Å². The molecule has 0 aromatic carbocycles. The van der Waals surface area contributed by atoms with E-state index in [4.69, 9.17) is 9.84 Å². The highest BCUT2D eigenvalue weighted by atomic mass is 19.1. The third kappa shape index (κ3) is 1.88. The zero-order valence-electron chi connectivity index (χ0n) is 8.03. The first-order valence-electron chi connectivity index (χ1n) is 4.76. The van der Waals surface area contributed by atoms with Crippen molar-refractivity contribution in [1.82, 2.24) is 4.90 Å². The van der Waals surface area contributed by atoms with Crippen molar-refractivity contribution in [3.8, 4) is 0 Å². The molecule has 0 spiro atoms. The largest absolute Gasteiger partial charge is 0.394 e. The van der Waals surface area contributed by atoms with Gasteiger partial charge in [-0.2, -0.15) is 0 Å². The van der Waals surface area contributed by atoms with Gasteiger partial charge in [-0.05, 0) is 6.08 Å². The average Bonchev–Trinajstić information content (AvgIpc) is 2.57. The number of ether oxygens (including phenoxy) is 1. The molecular weight excluding hydrogens is 203 g/mol. The van der Waals surface area contributed by atoms with E-state index in [0.29, 0.717) is 6.54 Å². The first kappa shape index (κ1) is 10.5. The van der Waals surface area contributed by atoms with Gasteiger partial charge >= 0.3 is 0 Å². The maximum absolute atomic E-state index is 13.6. The predicted molar refractivity (Wildman–Crippen MR) is 51.0 cm³/mol. The Bertz CT molecular complexity index is 285. The Morgan fingerprint density at radius 2 is 2.40 bits per heavy atom. The van der Waals surface area contributed by atoms with Gasteiger partial charge in [0.15, 0.2) is 12.4 Å². The van der Waals surface area contributed by atoms with Crippen LogP contribution in [0.25, 0.3) is 0 Å². The average molecular weight is 216 g/mol. The highest BCUT2D eigenvalue weighted by Crippen LogP contribution is 2.26. The number of halogens is 1. The Labute approximate surface area is 86.5 Å². The van der Waals surface area contributed by atoms with Gasteiger partial charge in [0.1, 0.15) is 12.2 Å². The standard InChI is InChI=1S/C9H13FN2O3/c10-7-8(14)6(4-13)15-9(7)12-3-1-2-11-5-12/h1-2,5-9,13-14H,3-4H2/t6-,7+,8-,9-/m1/s1. The fourth-order valence-electron chi connectivity index (χ4n) is 1.69. The highest BCUT2D eigenvalue weighted by molar-refractivity contribution is 5.58. The zero-order chi connectivity index (χ0) is 10.8. The first-order chi connectivity index (χ1) is 7.24. The molecule has 0 aliphatic carbocycles. The molecule has 0 bridgehead atoms. The summed E-state index contributed by atoms with van der Waals surface area (Å²) in [4.78, 5) is 5.39. The quantitative estimate of drug-likeness (QED) is 0.638. The van der Waals surface area contributed by atoms with Gasteiger partial charge in [0.05, 0.1) is 12.9 Å². The van der Waals surface area contributed by atoms with Gasteiger partial charge in [-0.25, -0.2) is 9.38 Å². The number of hydrogen-bond donors (Lipinski definition) is 2. The van der Waals surface area contributed by atoms with Crippen LogP contribution in [0.5, 0.6) is 0 Å². The lowest BCUT2D eigenvalue weighted by molar-refractivity contribution is -0.0595. The Hall–Kier alpha value is -0.980. The van der Waals surface area contributed by atoms with Gasteiger partial charge in [0, 0.05) is 12.7 Å². The normalized spacial score (nSPS) is 40.1. The number of aliphatic imine (C=N–C) groups is 1. The summed E-state index contributed by atoms with van der Waals surface area (Å²) in [5, 5.41) is 18.3. The number of rotatable bonds is 2. The van der Waals surface area contributed by atoms with Crippen molar-refractivity contribution in [2.45, 2.75) is 24.6 Å². The van der Waals surface area contributed by atoms with Crippen LogP contribution >= 0.6 is 0 Å². The SMILES string of the molecule is OC[C@H]1O[C@@H](N2C=NC=CC2)[C@@H](F)[C@@H]1O. The van der Waals surface area contributed by atoms with E-state index in [2.05, 4.69) is 4.99 Å². The molecule has 0 aromatic rings. The van der Waals surface area contributed by atoms with Crippen LogP contribution in [0.2, 0.25) is 0 Å². The summed E-state index contributed by atoms with van der Waals surface area (Å²) in [6.07, 6.45) is 0.298. The number of hydrogen-bond acceptors (Lipinski definition) is 5. The minimum absolute atomic E-state index is 0.390. The van der Waals surface area contributed by atoms with E-state index in [1.54, 1.807) is 17.2 Å². The number of aliphatic hydroxyl groups is 2. The summed E-state index contributed by atoms with van der Waals surface area (Å²) < 4.78 is 18.8. The molecule has 1 fully saturated rings. The van der Waals surface area contributed by atoms with E-state index < -0.39 is 24.6 Å². The summed E-state index contributed by atoms with van der Waals surface area (Å²) in [5.41, 5.74) is 0.